The van der Waals surface area contributed by atoms with Gasteiger partial charge >= 0.3 is 0 Å². The van der Waals surface area contributed by atoms with Crippen LogP contribution in [0.4, 0.5) is 34.1 Å². The van der Waals surface area contributed by atoms with E-state index in [2.05, 4.69) is 431 Å². The van der Waals surface area contributed by atoms with E-state index in [1.807, 2.05) is 24.7 Å². The minimum Gasteiger partial charge on any atom is -0.311 e. The Morgan fingerprint density at radius 3 is 0.777 bits per heavy atom. The number of benzene rings is 16. The zero-order valence-corrected chi connectivity index (χ0v) is 63.0. The smallest absolute Gasteiger partial charge is 0.0576 e. The van der Waals surface area contributed by atoms with E-state index in [1.165, 1.54) is 149 Å². The quantitative estimate of drug-likeness (QED) is 0.109. The van der Waals surface area contributed by atoms with Crippen LogP contribution in [-0.4, -0.2) is 9.97 Å². The number of pyridine rings is 2. The number of rotatable bonds is 14. The van der Waals surface area contributed by atoms with E-state index in [1.54, 1.807) is 0 Å². The number of hydrogen-bond donors (Lipinski definition) is 0. The van der Waals surface area contributed by atoms with E-state index in [0.717, 1.165) is 39.8 Å². The van der Waals surface area contributed by atoms with E-state index in [0.29, 0.717) is 0 Å². The molecule has 112 heavy (non-hydrogen) atoms. The molecular formula is C108H80N4. The molecule has 0 bridgehead atoms. The lowest BCUT2D eigenvalue weighted by Gasteiger charge is -2.27. The predicted octanol–water partition coefficient (Wildman–Crippen LogP) is 29.4. The van der Waals surface area contributed by atoms with Gasteiger partial charge in [-0.3, -0.25) is 9.97 Å². The molecule has 4 nitrogen and oxygen atoms in total. The molecule has 0 spiro atoms. The van der Waals surface area contributed by atoms with Crippen molar-refractivity contribution < 1.29 is 0 Å². The second kappa shape index (κ2) is 28.8. The number of hydrogen-bond acceptors (Lipinski definition) is 4. The molecule has 0 radical (unpaired) electrons. The summed E-state index contributed by atoms with van der Waals surface area (Å²) in [5.74, 6) is 0. The van der Waals surface area contributed by atoms with Crippen LogP contribution in [0, 0.1) is 0 Å². The molecule has 0 fully saturated rings. The molecule has 0 N–H and O–H groups in total. The van der Waals surface area contributed by atoms with Crippen molar-refractivity contribution in [2.45, 2.75) is 38.5 Å². The molecule has 0 unspecified atom stereocenters. The van der Waals surface area contributed by atoms with Gasteiger partial charge in [-0.15, -0.1) is 0 Å². The van der Waals surface area contributed by atoms with Gasteiger partial charge < -0.3 is 9.80 Å². The van der Waals surface area contributed by atoms with Crippen LogP contribution in [0.3, 0.4) is 0 Å². The number of fused-ring (bicyclic) bond motifs is 6. The topological polar surface area (TPSA) is 32.3 Å². The Hall–Kier alpha value is -14.1. The second-order valence-electron chi connectivity index (χ2n) is 30.6. The highest BCUT2D eigenvalue weighted by Gasteiger charge is 2.36. The molecule has 2 aromatic heterocycles. The lowest BCUT2D eigenvalue weighted by atomic mass is 9.79. The summed E-state index contributed by atoms with van der Waals surface area (Å²) in [6.45, 7) is 9.13. The summed E-state index contributed by atoms with van der Waals surface area (Å²) in [6.07, 6.45) is 10.4. The highest BCUT2D eigenvalue weighted by molar-refractivity contribution is 5.97. The first-order chi connectivity index (χ1) is 54.9. The summed E-state index contributed by atoms with van der Waals surface area (Å²) in [6, 6.07) is 139. The third-order valence-electron chi connectivity index (χ3n) is 23.0. The zero-order valence-electron chi connectivity index (χ0n) is 63.0. The van der Waals surface area contributed by atoms with Gasteiger partial charge in [0.2, 0.25) is 0 Å². The predicted molar refractivity (Wildman–Crippen MR) is 475 cm³/mol. The van der Waals surface area contributed by atoms with Gasteiger partial charge in [0, 0.05) is 63.5 Å². The molecule has 4 heteroatoms. The standard InChI is InChI=1S/2C54H40N2/c1-54(2)52(36-48-12-7-33-55-53(48)54)43-25-31-51(32-26-43)56(50-29-23-42(24-30-50)47-20-18-38-9-4-6-11-45(38)35-47)49-27-21-40(22-28-49)39-13-15-41(16-14-39)46-19-17-37-8-3-5-10-44(37)34-46;1-54(2)52(35-48-31-32-55-36-53(48)54)43-23-29-51(30-24-43)56(50-27-21-42(22-28-50)47-18-16-38-8-4-6-10-45(38)34-47)49-25-19-40(20-26-49)39-11-13-41(14-12-39)46-17-15-37-7-3-5-9-44(37)33-46/h2*3-36H,1-2H3. The van der Waals surface area contributed by atoms with Crippen molar-refractivity contribution in [2.75, 3.05) is 9.80 Å². The SMILES string of the molecule is CC1(C)C(c2ccc(N(c3ccc(-c4ccc(-c5ccc6ccccc6c5)cc4)cc3)c3ccc(-c4ccc5ccccc5c4)cc3)cc2)=Cc2cccnc21.CC1(C)C(c2ccc(N(c3ccc(-c4ccc(-c5ccc6ccccc6c5)cc4)cc3)c3ccc(-c4ccc5ccccc5c4)cc3)cc2)=Cc2ccncc21. The van der Waals surface area contributed by atoms with Gasteiger partial charge in [-0.25, -0.2) is 0 Å². The Kier molecular flexibility index (Phi) is 17.6. The first-order valence-electron chi connectivity index (χ1n) is 38.7. The van der Waals surface area contributed by atoms with Crippen LogP contribution in [-0.2, 0) is 10.8 Å². The molecule has 0 aliphatic heterocycles. The van der Waals surface area contributed by atoms with Crippen LogP contribution in [0.2, 0.25) is 0 Å². The maximum atomic E-state index is 4.75. The van der Waals surface area contributed by atoms with Gasteiger partial charge in [0.25, 0.3) is 0 Å². The molecule has 2 aliphatic carbocycles. The highest BCUT2D eigenvalue weighted by atomic mass is 15.1. The van der Waals surface area contributed by atoms with E-state index in [-0.39, 0.29) is 10.8 Å². The van der Waals surface area contributed by atoms with Gasteiger partial charge in [0.1, 0.15) is 0 Å². The average molecular weight is 1430 g/mol. The van der Waals surface area contributed by atoms with Crippen LogP contribution in [0.25, 0.3) is 133 Å². The monoisotopic (exact) mass is 1430 g/mol. The van der Waals surface area contributed by atoms with Crippen LogP contribution in [0.5, 0.6) is 0 Å². The summed E-state index contributed by atoms with van der Waals surface area (Å²) in [4.78, 5) is 13.9. The minimum absolute atomic E-state index is 0.118. The van der Waals surface area contributed by atoms with Crippen molar-refractivity contribution in [2.24, 2.45) is 0 Å². The first kappa shape index (κ1) is 68.5. The molecule has 0 saturated carbocycles. The third kappa shape index (κ3) is 13.2. The van der Waals surface area contributed by atoms with E-state index in [9.17, 15) is 0 Å². The summed E-state index contributed by atoms with van der Waals surface area (Å²) in [7, 11) is 0. The van der Waals surface area contributed by atoms with Crippen LogP contribution >= 0.6 is 0 Å². The van der Waals surface area contributed by atoms with Gasteiger partial charge in [-0.1, -0.05) is 301 Å². The van der Waals surface area contributed by atoms with E-state index >= 15 is 0 Å². The molecule has 18 aromatic rings. The Morgan fingerprint density at radius 2 is 0.473 bits per heavy atom. The van der Waals surface area contributed by atoms with Crippen molar-refractivity contribution in [3.05, 3.63) is 434 Å². The van der Waals surface area contributed by atoms with Crippen LogP contribution in [0.15, 0.2) is 401 Å². The average Bonchev–Trinajstić information content (AvgIpc) is 1.61. The number of nitrogens with zero attached hydrogens (tertiary/aromatic N) is 4. The van der Waals surface area contributed by atoms with Crippen LogP contribution < -0.4 is 9.80 Å². The Balaban J connectivity index is 0.000000151. The van der Waals surface area contributed by atoms with Crippen molar-refractivity contribution in [1.82, 2.24) is 9.97 Å². The fourth-order valence-electron chi connectivity index (χ4n) is 16.8. The summed E-state index contributed by atoms with van der Waals surface area (Å²) < 4.78 is 0. The first-order valence-corrected chi connectivity index (χ1v) is 38.7. The summed E-state index contributed by atoms with van der Waals surface area (Å²) >= 11 is 0. The largest absolute Gasteiger partial charge is 0.311 e. The molecule has 16 aromatic carbocycles. The normalized spacial score (nSPS) is 13.1. The molecule has 532 valence electrons. The molecule has 0 saturated heterocycles. The van der Waals surface area contributed by atoms with Crippen molar-refractivity contribution in [1.29, 1.82) is 0 Å². The van der Waals surface area contributed by atoms with Gasteiger partial charge in [0.05, 0.1) is 5.69 Å². The van der Waals surface area contributed by atoms with E-state index in [4.69, 9.17) is 4.98 Å². The van der Waals surface area contributed by atoms with Gasteiger partial charge in [-0.05, 0) is 270 Å². The summed E-state index contributed by atoms with van der Waals surface area (Å²) in [5, 5.41) is 10.0. The molecule has 0 amide bonds. The Labute approximate surface area is 655 Å². The Morgan fingerprint density at radius 1 is 0.214 bits per heavy atom. The maximum absolute atomic E-state index is 4.75. The number of aromatic nitrogens is 2. The molecule has 2 heterocycles. The second-order valence-corrected chi connectivity index (χ2v) is 30.6. The third-order valence-corrected chi connectivity index (χ3v) is 23.0. The van der Waals surface area contributed by atoms with Gasteiger partial charge in [-0.2, -0.15) is 0 Å². The maximum Gasteiger partial charge on any atom is 0.0576 e. The van der Waals surface area contributed by atoms with Crippen molar-refractivity contribution in [3.8, 4) is 66.8 Å². The van der Waals surface area contributed by atoms with E-state index < -0.39 is 0 Å². The molecule has 2 aliphatic rings. The number of anilines is 6. The molecule has 20 rings (SSSR count). The van der Waals surface area contributed by atoms with Crippen LogP contribution in [0.1, 0.15) is 61.2 Å². The highest BCUT2D eigenvalue weighted by Crippen LogP contribution is 2.49. The lowest BCUT2D eigenvalue weighted by Crippen LogP contribution is -2.18. The van der Waals surface area contributed by atoms with Crippen molar-refractivity contribution in [3.63, 3.8) is 0 Å². The summed E-state index contributed by atoms with van der Waals surface area (Å²) in [5.41, 5.74) is 30.7. The molecule has 0 atom stereocenters. The fourth-order valence-corrected chi connectivity index (χ4v) is 16.8. The zero-order chi connectivity index (χ0) is 75.3. The van der Waals surface area contributed by atoms with Gasteiger partial charge in [0.15, 0.2) is 0 Å². The number of allylic oxidation sites excluding steroid dienone is 2. The fraction of sp³-hybridized carbons (Fsp3) is 0.0556. The van der Waals surface area contributed by atoms with Crippen molar-refractivity contribution >= 4 is 101 Å². The molecular weight excluding hydrogens is 1350 g/mol. The lowest BCUT2D eigenvalue weighted by molar-refractivity contribution is 0.676. The minimum atomic E-state index is -0.167. The Bertz CT molecular complexity index is 6200.